The van der Waals surface area contributed by atoms with Crippen molar-refractivity contribution in [2.75, 3.05) is 13.2 Å². The topological polar surface area (TPSA) is 30.5 Å². The lowest BCUT2D eigenvalue weighted by molar-refractivity contribution is 0.269. The number of hydrogen-bond donors (Lipinski definition) is 1. The predicted molar refractivity (Wildman–Crippen MR) is 120 cm³/mol. The first-order valence-electron chi connectivity index (χ1n) is 9.82. The summed E-state index contributed by atoms with van der Waals surface area (Å²) in [5.74, 6) is 0.931. The molecule has 1 N–H and O–H groups in total. The molecule has 0 aliphatic carbocycles. The highest BCUT2D eigenvalue weighted by atomic mass is 35.5. The number of ether oxygens (including phenoxy) is 2. The van der Waals surface area contributed by atoms with Crippen LogP contribution in [-0.4, -0.2) is 13.2 Å². The standard InChI is InChI=1S/C24H24Cl2FNO2/c1-2-29-23-14-19(15-28-12-11-17-5-9-21(27)10-6-17)13-22(26)24(23)30-16-18-3-7-20(25)8-4-18/h3-10,13-14,28H,2,11-12,15-16H2,1H3. The lowest BCUT2D eigenvalue weighted by Crippen LogP contribution is -2.17. The van der Waals surface area contributed by atoms with E-state index in [1.807, 2.05) is 43.3 Å². The van der Waals surface area contributed by atoms with Gasteiger partial charge in [0.15, 0.2) is 11.5 Å². The van der Waals surface area contributed by atoms with Crippen LogP contribution < -0.4 is 14.8 Å². The molecule has 0 saturated heterocycles. The van der Waals surface area contributed by atoms with E-state index >= 15 is 0 Å². The first-order chi connectivity index (χ1) is 14.5. The van der Waals surface area contributed by atoms with Crippen LogP contribution in [0.15, 0.2) is 60.7 Å². The molecule has 3 aromatic carbocycles. The zero-order valence-electron chi connectivity index (χ0n) is 16.8. The van der Waals surface area contributed by atoms with Crippen LogP contribution in [0.25, 0.3) is 0 Å². The number of rotatable bonds is 10. The molecule has 0 bridgehead atoms. The summed E-state index contributed by atoms with van der Waals surface area (Å²) in [6, 6.07) is 17.9. The molecular formula is C24H24Cl2FNO2. The number of nitrogens with one attached hydrogen (secondary N) is 1. The number of hydrogen-bond acceptors (Lipinski definition) is 3. The maximum atomic E-state index is 13.0. The molecule has 3 aromatic rings. The Bertz CT molecular complexity index is 947. The van der Waals surface area contributed by atoms with Gasteiger partial charge in [0.25, 0.3) is 0 Å². The molecule has 0 aromatic heterocycles. The van der Waals surface area contributed by atoms with Crippen LogP contribution in [0.3, 0.4) is 0 Å². The first-order valence-corrected chi connectivity index (χ1v) is 10.6. The fourth-order valence-corrected chi connectivity index (χ4v) is 3.39. The van der Waals surface area contributed by atoms with Gasteiger partial charge in [0, 0.05) is 11.6 Å². The Morgan fingerprint density at radius 2 is 1.57 bits per heavy atom. The van der Waals surface area contributed by atoms with Gasteiger partial charge >= 0.3 is 0 Å². The minimum absolute atomic E-state index is 0.219. The second-order valence-electron chi connectivity index (χ2n) is 6.81. The second-order valence-corrected chi connectivity index (χ2v) is 7.65. The summed E-state index contributed by atoms with van der Waals surface area (Å²) in [5, 5.41) is 4.57. The Morgan fingerprint density at radius 3 is 2.27 bits per heavy atom. The van der Waals surface area contributed by atoms with Crippen LogP contribution in [-0.2, 0) is 19.6 Å². The molecule has 0 heterocycles. The molecule has 0 aliphatic rings. The zero-order valence-corrected chi connectivity index (χ0v) is 18.3. The van der Waals surface area contributed by atoms with Crippen LogP contribution in [0.5, 0.6) is 11.5 Å². The molecule has 0 aliphatic heterocycles. The van der Waals surface area contributed by atoms with Crippen LogP contribution >= 0.6 is 23.2 Å². The quantitative estimate of drug-likeness (QED) is 0.362. The van der Waals surface area contributed by atoms with Gasteiger partial charge in [-0.15, -0.1) is 0 Å². The summed E-state index contributed by atoms with van der Waals surface area (Å²) in [6.45, 7) is 4.20. The van der Waals surface area contributed by atoms with Crippen molar-refractivity contribution in [2.24, 2.45) is 0 Å². The van der Waals surface area contributed by atoms with E-state index in [1.54, 1.807) is 12.1 Å². The van der Waals surface area contributed by atoms with Gasteiger partial charge in [0.05, 0.1) is 11.6 Å². The van der Waals surface area contributed by atoms with Crippen molar-refractivity contribution in [3.05, 3.63) is 93.2 Å². The van der Waals surface area contributed by atoms with Crippen LogP contribution in [0.1, 0.15) is 23.6 Å². The molecule has 0 fully saturated rings. The largest absolute Gasteiger partial charge is 0.490 e. The van der Waals surface area contributed by atoms with Gasteiger partial charge in [0.1, 0.15) is 12.4 Å². The monoisotopic (exact) mass is 447 g/mol. The van der Waals surface area contributed by atoms with Crippen molar-refractivity contribution in [1.82, 2.24) is 5.32 Å². The van der Waals surface area contributed by atoms with E-state index in [9.17, 15) is 4.39 Å². The van der Waals surface area contributed by atoms with Crippen molar-refractivity contribution in [3.63, 3.8) is 0 Å². The van der Waals surface area contributed by atoms with Crippen molar-refractivity contribution in [1.29, 1.82) is 0 Å². The Morgan fingerprint density at radius 1 is 0.867 bits per heavy atom. The van der Waals surface area contributed by atoms with Gasteiger partial charge in [-0.25, -0.2) is 4.39 Å². The molecule has 30 heavy (non-hydrogen) atoms. The third-order valence-corrected chi connectivity index (χ3v) is 5.03. The SMILES string of the molecule is CCOc1cc(CNCCc2ccc(F)cc2)cc(Cl)c1OCc1ccc(Cl)cc1. The lowest BCUT2D eigenvalue weighted by atomic mass is 10.1. The molecular weight excluding hydrogens is 424 g/mol. The van der Waals surface area contributed by atoms with Crippen molar-refractivity contribution >= 4 is 23.2 Å². The Hall–Kier alpha value is -2.27. The van der Waals surface area contributed by atoms with E-state index in [0.29, 0.717) is 41.3 Å². The number of benzene rings is 3. The average molecular weight is 448 g/mol. The lowest BCUT2D eigenvalue weighted by Gasteiger charge is -2.16. The molecule has 0 saturated carbocycles. The van der Waals surface area contributed by atoms with Crippen molar-refractivity contribution in [2.45, 2.75) is 26.5 Å². The predicted octanol–water partition coefficient (Wildman–Crippen LogP) is 6.44. The van der Waals surface area contributed by atoms with E-state index in [0.717, 1.165) is 29.7 Å². The highest BCUT2D eigenvalue weighted by molar-refractivity contribution is 6.32. The van der Waals surface area contributed by atoms with Gasteiger partial charge in [-0.1, -0.05) is 47.5 Å². The van der Waals surface area contributed by atoms with E-state index in [4.69, 9.17) is 32.7 Å². The highest BCUT2D eigenvalue weighted by Gasteiger charge is 2.13. The second kappa shape index (κ2) is 11.2. The van der Waals surface area contributed by atoms with Crippen LogP contribution in [0.4, 0.5) is 4.39 Å². The smallest absolute Gasteiger partial charge is 0.180 e. The average Bonchev–Trinajstić information content (AvgIpc) is 2.73. The third kappa shape index (κ3) is 6.63. The fourth-order valence-electron chi connectivity index (χ4n) is 2.98. The van der Waals surface area contributed by atoms with Gasteiger partial charge in [-0.05, 0) is 73.0 Å². The van der Waals surface area contributed by atoms with E-state index < -0.39 is 0 Å². The molecule has 3 nitrogen and oxygen atoms in total. The Kier molecular flexibility index (Phi) is 8.38. The highest BCUT2D eigenvalue weighted by Crippen LogP contribution is 2.37. The Balaban J connectivity index is 1.60. The molecule has 0 spiro atoms. The summed E-state index contributed by atoms with van der Waals surface area (Å²) < 4.78 is 24.7. The number of halogens is 3. The van der Waals surface area contributed by atoms with E-state index in [2.05, 4.69) is 5.32 Å². The summed E-state index contributed by atoms with van der Waals surface area (Å²) in [4.78, 5) is 0. The van der Waals surface area contributed by atoms with Crippen LogP contribution in [0.2, 0.25) is 10.0 Å². The maximum Gasteiger partial charge on any atom is 0.180 e. The minimum Gasteiger partial charge on any atom is -0.490 e. The van der Waals surface area contributed by atoms with Gasteiger partial charge in [-0.2, -0.15) is 0 Å². The third-order valence-electron chi connectivity index (χ3n) is 4.50. The summed E-state index contributed by atoms with van der Waals surface area (Å²) >= 11 is 12.4. The minimum atomic E-state index is -0.219. The molecule has 0 amide bonds. The fraction of sp³-hybridized carbons (Fsp3) is 0.250. The van der Waals surface area contributed by atoms with Crippen molar-refractivity contribution < 1.29 is 13.9 Å². The first kappa shape index (κ1) is 22.4. The molecule has 0 unspecified atom stereocenters. The molecule has 3 rings (SSSR count). The normalized spacial score (nSPS) is 10.8. The van der Waals surface area contributed by atoms with E-state index in [1.165, 1.54) is 12.1 Å². The Labute approximate surface area is 186 Å². The van der Waals surface area contributed by atoms with Gasteiger partial charge < -0.3 is 14.8 Å². The van der Waals surface area contributed by atoms with Crippen LogP contribution in [0, 0.1) is 5.82 Å². The molecule has 6 heteroatoms. The maximum absolute atomic E-state index is 13.0. The van der Waals surface area contributed by atoms with Gasteiger partial charge in [-0.3, -0.25) is 0 Å². The molecule has 0 radical (unpaired) electrons. The molecule has 0 atom stereocenters. The van der Waals surface area contributed by atoms with Crippen molar-refractivity contribution in [3.8, 4) is 11.5 Å². The summed E-state index contributed by atoms with van der Waals surface area (Å²) in [6.07, 6.45) is 0.814. The van der Waals surface area contributed by atoms with Gasteiger partial charge in [0.2, 0.25) is 0 Å². The summed E-state index contributed by atoms with van der Waals surface area (Å²) in [5.41, 5.74) is 3.08. The summed E-state index contributed by atoms with van der Waals surface area (Å²) in [7, 11) is 0. The molecule has 158 valence electrons. The van der Waals surface area contributed by atoms with E-state index in [-0.39, 0.29) is 5.82 Å². The zero-order chi connectivity index (χ0) is 21.3.